The number of ether oxygens (including phenoxy) is 1. The average molecular weight is 291 g/mol. The van der Waals surface area contributed by atoms with Gasteiger partial charge in [0.15, 0.2) is 0 Å². The van der Waals surface area contributed by atoms with E-state index < -0.39 is 5.82 Å². The summed E-state index contributed by atoms with van der Waals surface area (Å²) in [6, 6.07) is 13.5. The molecule has 1 atom stereocenters. The Hall–Kier alpha value is -1.78. The Morgan fingerprint density at radius 1 is 1.10 bits per heavy atom. The van der Waals surface area contributed by atoms with Crippen LogP contribution in [-0.4, -0.2) is 20.3 Å². The Balaban J connectivity index is 1.95. The minimum Gasteiger partial charge on any atom is -0.383 e. The number of methoxy groups -OCH3 is 1. The highest BCUT2D eigenvalue weighted by atomic mass is 19.1. The molecule has 112 valence electrons. The maximum Gasteiger partial charge on any atom is 0.126 e. The van der Waals surface area contributed by atoms with Crippen LogP contribution in [0.4, 0.5) is 8.78 Å². The molecular formula is C17H19F2NO. The summed E-state index contributed by atoms with van der Waals surface area (Å²) in [4.78, 5) is 0. The quantitative estimate of drug-likeness (QED) is 0.843. The molecule has 0 aromatic heterocycles. The third kappa shape index (κ3) is 4.62. The first kappa shape index (κ1) is 15.6. The van der Waals surface area contributed by atoms with Gasteiger partial charge in [0.2, 0.25) is 0 Å². The van der Waals surface area contributed by atoms with Crippen LogP contribution in [0.15, 0.2) is 48.5 Å². The van der Waals surface area contributed by atoms with Crippen molar-refractivity contribution in [3.05, 3.63) is 71.3 Å². The monoisotopic (exact) mass is 291 g/mol. The van der Waals surface area contributed by atoms with Crippen molar-refractivity contribution in [1.29, 1.82) is 0 Å². The molecule has 0 amide bonds. The maximum atomic E-state index is 13.5. The molecule has 0 aliphatic heterocycles. The first-order chi connectivity index (χ1) is 10.2. The Labute approximate surface area is 123 Å². The van der Waals surface area contributed by atoms with E-state index in [4.69, 9.17) is 4.74 Å². The van der Waals surface area contributed by atoms with Crippen molar-refractivity contribution in [3.8, 4) is 0 Å². The van der Waals surface area contributed by atoms with Gasteiger partial charge in [0, 0.05) is 7.11 Å². The highest BCUT2D eigenvalue weighted by molar-refractivity contribution is 5.20. The van der Waals surface area contributed by atoms with E-state index in [2.05, 4.69) is 5.32 Å². The van der Waals surface area contributed by atoms with Gasteiger partial charge in [-0.2, -0.15) is 0 Å². The minimum absolute atomic E-state index is 0.0350. The molecule has 0 fully saturated rings. The predicted octanol–water partition coefficient (Wildman–Crippen LogP) is 3.48. The van der Waals surface area contributed by atoms with Gasteiger partial charge in [0.1, 0.15) is 11.6 Å². The molecule has 0 unspecified atom stereocenters. The lowest BCUT2D eigenvalue weighted by Crippen LogP contribution is -2.27. The van der Waals surface area contributed by atoms with E-state index in [0.717, 1.165) is 17.7 Å². The average Bonchev–Trinajstić information content (AvgIpc) is 2.51. The standard InChI is InChI=1S/C17H19F2NO/c1-21-12-17(13-5-3-2-4-6-13)20-10-9-14-11-15(18)7-8-16(14)19/h2-8,11,17,20H,9-10,12H2,1H3/t17-/m0/s1. The summed E-state index contributed by atoms with van der Waals surface area (Å²) in [6.45, 7) is 1.07. The number of halogens is 2. The smallest absolute Gasteiger partial charge is 0.126 e. The second kappa shape index (κ2) is 7.86. The fourth-order valence-electron chi connectivity index (χ4n) is 2.24. The number of nitrogens with one attached hydrogen (secondary N) is 1. The fraction of sp³-hybridized carbons (Fsp3) is 0.294. The van der Waals surface area contributed by atoms with Crippen molar-refractivity contribution >= 4 is 0 Å². The molecule has 2 aromatic rings. The molecule has 0 saturated heterocycles. The van der Waals surface area contributed by atoms with Crippen molar-refractivity contribution in [2.24, 2.45) is 0 Å². The molecule has 0 heterocycles. The first-order valence-corrected chi connectivity index (χ1v) is 6.92. The van der Waals surface area contributed by atoms with Gasteiger partial charge in [-0.15, -0.1) is 0 Å². The van der Waals surface area contributed by atoms with E-state index in [1.54, 1.807) is 7.11 Å². The van der Waals surface area contributed by atoms with Gasteiger partial charge >= 0.3 is 0 Å². The topological polar surface area (TPSA) is 21.3 Å². The molecule has 0 aliphatic rings. The molecule has 0 spiro atoms. The largest absolute Gasteiger partial charge is 0.383 e. The van der Waals surface area contributed by atoms with E-state index in [9.17, 15) is 8.78 Å². The molecule has 0 radical (unpaired) electrons. The Morgan fingerprint density at radius 2 is 1.86 bits per heavy atom. The van der Waals surface area contributed by atoms with Crippen LogP contribution in [0.25, 0.3) is 0 Å². The van der Waals surface area contributed by atoms with Crippen molar-refractivity contribution in [2.45, 2.75) is 12.5 Å². The van der Waals surface area contributed by atoms with Crippen molar-refractivity contribution < 1.29 is 13.5 Å². The second-order valence-corrected chi connectivity index (χ2v) is 4.86. The van der Waals surface area contributed by atoms with E-state index in [1.807, 2.05) is 30.3 Å². The molecule has 0 saturated carbocycles. The van der Waals surface area contributed by atoms with Crippen LogP contribution in [-0.2, 0) is 11.2 Å². The SMILES string of the molecule is COC[C@H](NCCc1cc(F)ccc1F)c1ccccc1. The fourth-order valence-corrected chi connectivity index (χ4v) is 2.24. The lowest BCUT2D eigenvalue weighted by Gasteiger charge is -2.18. The summed E-state index contributed by atoms with van der Waals surface area (Å²) in [5.41, 5.74) is 1.49. The van der Waals surface area contributed by atoms with Gasteiger partial charge in [0.05, 0.1) is 12.6 Å². The Morgan fingerprint density at radius 3 is 2.57 bits per heavy atom. The maximum absolute atomic E-state index is 13.5. The molecule has 2 rings (SSSR count). The van der Waals surface area contributed by atoms with Gasteiger partial charge in [-0.25, -0.2) is 8.78 Å². The molecule has 21 heavy (non-hydrogen) atoms. The van der Waals surface area contributed by atoms with Crippen LogP contribution in [0.1, 0.15) is 17.2 Å². The summed E-state index contributed by atoms with van der Waals surface area (Å²) in [5.74, 6) is -0.788. The van der Waals surface area contributed by atoms with Gasteiger partial charge in [-0.05, 0) is 42.3 Å². The molecule has 2 aromatic carbocycles. The van der Waals surface area contributed by atoms with Crippen LogP contribution in [0.3, 0.4) is 0 Å². The zero-order chi connectivity index (χ0) is 15.1. The number of benzene rings is 2. The van der Waals surface area contributed by atoms with Crippen LogP contribution < -0.4 is 5.32 Å². The van der Waals surface area contributed by atoms with Crippen LogP contribution in [0.2, 0.25) is 0 Å². The van der Waals surface area contributed by atoms with E-state index >= 15 is 0 Å². The van der Waals surface area contributed by atoms with Gasteiger partial charge in [-0.1, -0.05) is 30.3 Å². The van der Waals surface area contributed by atoms with E-state index in [-0.39, 0.29) is 11.9 Å². The molecular weight excluding hydrogens is 272 g/mol. The molecule has 0 aliphatic carbocycles. The summed E-state index contributed by atoms with van der Waals surface area (Å²) < 4.78 is 31.9. The summed E-state index contributed by atoms with van der Waals surface area (Å²) >= 11 is 0. The minimum atomic E-state index is -0.414. The number of hydrogen-bond donors (Lipinski definition) is 1. The first-order valence-electron chi connectivity index (χ1n) is 6.92. The van der Waals surface area contributed by atoms with Crippen LogP contribution in [0.5, 0.6) is 0 Å². The van der Waals surface area contributed by atoms with Crippen LogP contribution >= 0.6 is 0 Å². The summed E-state index contributed by atoms with van der Waals surface area (Å²) in [5, 5.41) is 3.32. The second-order valence-electron chi connectivity index (χ2n) is 4.86. The van der Waals surface area contributed by atoms with Crippen LogP contribution in [0, 0.1) is 11.6 Å². The number of hydrogen-bond acceptors (Lipinski definition) is 2. The number of rotatable bonds is 7. The Bertz CT molecular complexity index is 560. The van der Waals surface area contributed by atoms with Crippen molar-refractivity contribution in [3.63, 3.8) is 0 Å². The molecule has 2 nitrogen and oxygen atoms in total. The normalized spacial score (nSPS) is 12.3. The summed E-state index contributed by atoms with van der Waals surface area (Å²) in [7, 11) is 1.64. The lowest BCUT2D eigenvalue weighted by molar-refractivity contribution is 0.167. The molecule has 0 bridgehead atoms. The lowest BCUT2D eigenvalue weighted by atomic mass is 10.1. The highest BCUT2D eigenvalue weighted by Gasteiger charge is 2.11. The van der Waals surface area contributed by atoms with E-state index in [0.29, 0.717) is 25.1 Å². The zero-order valence-corrected chi connectivity index (χ0v) is 12.0. The van der Waals surface area contributed by atoms with Gasteiger partial charge in [-0.3, -0.25) is 0 Å². The van der Waals surface area contributed by atoms with Crippen molar-refractivity contribution in [2.75, 3.05) is 20.3 Å². The Kier molecular flexibility index (Phi) is 5.84. The molecule has 4 heteroatoms. The van der Waals surface area contributed by atoms with Gasteiger partial charge in [0.25, 0.3) is 0 Å². The predicted molar refractivity (Wildman–Crippen MR) is 79.1 cm³/mol. The zero-order valence-electron chi connectivity index (χ0n) is 12.0. The van der Waals surface area contributed by atoms with E-state index in [1.165, 1.54) is 6.07 Å². The van der Waals surface area contributed by atoms with Gasteiger partial charge < -0.3 is 10.1 Å². The third-order valence-corrected chi connectivity index (χ3v) is 3.33. The summed E-state index contributed by atoms with van der Waals surface area (Å²) in [6.07, 6.45) is 0.427. The highest BCUT2D eigenvalue weighted by Crippen LogP contribution is 2.14. The molecule has 1 N–H and O–H groups in total. The third-order valence-electron chi connectivity index (χ3n) is 3.33. The van der Waals surface area contributed by atoms with Crippen molar-refractivity contribution in [1.82, 2.24) is 5.32 Å².